The molecule has 1 saturated carbocycles. The number of unbranched alkanes of at least 4 members (excludes halogenated alkanes) is 1. The maximum Gasteiger partial charge on any atom is 0.264 e. The lowest BCUT2D eigenvalue weighted by Crippen LogP contribution is -2.37. The molecule has 0 aliphatic heterocycles. The fourth-order valence-corrected chi connectivity index (χ4v) is 6.86. The van der Waals surface area contributed by atoms with E-state index in [0.29, 0.717) is 17.4 Å². The van der Waals surface area contributed by atoms with Crippen molar-refractivity contribution in [3.05, 3.63) is 81.9 Å². The van der Waals surface area contributed by atoms with Crippen LogP contribution in [0.2, 0.25) is 5.15 Å². The molecule has 1 aliphatic carbocycles. The molecule has 0 bridgehead atoms. The highest BCUT2D eigenvalue weighted by Gasteiger charge is 2.34. The Kier molecular flexibility index (Phi) is 9.51. The zero-order chi connectivity index (χ0) is 28.2. The minimum absolute atomic E-state index is 0.0776. The molecule has 1 aromatic heterocycles. The first-order chi connectivity index (χ1) is 18.6. The Balaban J connectivity index is 1.59. The van der Waals surface area contributed by atoms with Crippen molar-refractivity contribution in [3.8, 4) is 0 Å². The van der Waals surface area contributed by atoms with Crippen molar-refractivity contribution in [2.75, 3.05) is 0 Å². The van der Waals surface area contributed by atoms with Gasteiger partial charge in [-0.3, -0.25) is 4.79 Å². The summed E-state index contributed by atoms with van der Waals surface area (Å²) in [6, 6.07) is 14.2. The van der Waals surface area contributed by atoms with Crippen LogP contribution in [0.25, 0.3) is 0 Å². The Morgan fingerprint density at radius 1 is 1.13 bits per heavy atom. The molecule has 2 aromatic carbocycles. The third kappa shape index (κ3) is 6.91. The van der Waals surface area contributed by atoms with Crippen molar-refractivity contribution in [2.45, 2.75) is 89.2 Å². The van der Waals surface area contributed by atoms with Crippen molar-refractivity contribution in [1.82, 2.24) is 14.3 Å². The number of carbonyl (C=O) groups is 1. The maximum atomic E-state index is 13.5. The van der Waals surface area contributed by atoms with E-state index in [1.54, 1.807) is 19.1 Å². The Morgan fingerprint density at radius 3 is 2.36 bits per heavy atom. The van der Waals surface area contributed by atoms with Gasteiger partial charge in [-0.05, 0) is 62.3 Å². The van der Waals surface area contributed by atoms with Gasteiger partial charge in [-0.1, -0.05) is 79.7 Å². The lowest BCUT2D eigenvalue weighted by Gasteiger charge is -2.23. The van der Waals surface area contributed by atoms with Gasteiger partial charge < -0.3 is 9.67 Å². The second-order valence-electron chi connectivity index (χ2n) is 10.6. The topological polar surface area (TPSA) is 101 Å². The quantitative estimate of drug-likeness (QED) is 0.291. The van der Waals surface area contributed by atoms with Gasteiger partial charge in [-0.25, -0.2) is 18.1 Å². The summed E-state index contributed by atoms with van der Waals surface area (Å²) in [4.78, 5) is 18.1. The molecule has 0 saturated heterocycles. The molecule has 7 nitrogen and oxygen atoms in total. The molecule has 1 aliphatic rings. The van der Waals surface area contributed by atoms with Gasteiger partial charge in [0, 0.05) is 13.0 Å². The predicted octanol–water partition coefficient (Wildman–Crippen LogP) is 6.07. The number of hydrogen-bond donors (Lipinski definition) is 2. The van der Waals surface area contributed by atoms with Gasteiger partial charge in [0.05, 0.1) is 22.6 Å². The molecular weight excluding hydrogens is 534 g/mol. The highest BCUT2D eigenvalue weighted by molar-refractivity contribution is 7.90. The number of benzene rings is 2. The fraction of sp³-hybridized carbons (Fsp3) is 0.467. The Labute approximate surface area is 236 Å². The number of rotatable bonds is 11. The van der Waals surface area contributed by atoms with Gasteiger partial charge >= 0.3 is 0 Å². The van der Waals surface area contributed by atoms with Crippen LogP contribution in [0, 0.1) is 12.8 Å². The average Bonchev–Trinajstić information content (AvgIpc) is 3.51. The van der Waals surface area contributed by atoms with Gasteiger partial charge in [0.1, 0.15) is 5.82 Å². The lowest BCUT2D eigenvalue weighted by atomic mass is 9.84. The van der Waals surface area contributed by atoms with Gasteiger partial charge in [0.2, 0.25) is 5.91 Å². The third-order valence-corrected chi connectivity index (χ3v) is 9.23. The summed E-state index contributed by atoms with van der Waals surface area (Å²) in [6.07, 6.45) is 5.82. The van der Waals surface area contributed by atoms with Crippen LogP contribution in [0.15, 0.2) is 53.4 Å². The monoisotopic (exact) mass is 571 g/mol. The largest absolute Gasteiger partial charge is 0.387 e. The van der Waals surface area contributed by atoms with E-state index in [2.05, 4.69) is 16.6 Å². The minimum atomic E-state index is -3.98. The smallest absolute Gasteiger partial charge is 0.264 e. The molecule has 2 atom stereocenters. The second-order valence-corrected chi connectivity index (χ2v) is 12.7. The van der Waals surface area contributed by atoms with E-state index in [0.717, 1.165) is 67.5 Å². The number of nitrogens with zero attached hydrogens (tertiary/aromatic N) is 2. The van der Waals surface area contributed by atoms with E-state index >= 15 is 0 Å². The molecule has 4 rings (SSSR count). The van der Waals surface area contributed by atoms with Crippen molar-refractivity contribution in [3.63, 3.8) is 0 Å². The molecule has 0 radical (unpaired) electrons. The zero-order valence-electron chi connectivity index (χ0n) is 22.9. The van der Waals surface area contributed by atoms with E-state index < -0.39 is 28.0 Å². The number of hydrogen-bond acceptors (Lipinski definition) is 5. The standard InChI is InChI=1S/C30H38ClN3O4S/c1-4-5-10-26-32-29(31)28(21(3)35)34(26)19-22-13-15-24(16-14-22)27(23-8-6-7-9-23)30(36)33-39(37,38)25-17-11-20(2)12-18-25/h11-18,21,23,27,35H,4-10,19H2,1-3H3,(H,33,36). The highest BCUT2D eigenvalue weighted by atomic mass is 35.5. The number of amides is 1. The number of carbonyl (C=O) groups excluding carboxylic acids is 1. The number of aliphatic hydroxyl groups excluding tert-OH is 1. The summed E-state index contributed by atoms with van der Waals surface area (Å²) in [5.41, 5.74) is 3.31. The average molecular weight is 572 g/mol. The van der Waals surface area contributed by atoms with E-state index in [1.807, 2.05) is 35.8 Å². The Hall–Kier alpha value is -2.68. The van der Waals surface area contributed by atoms with Gasteiger partial charge in [0.15, 0.2) is 5.15 Å². The summed E-state index contributed by atoms with van der Waals surface area (Å²) in [6.45, 7) is 6.17. The maximum absolute atomic E-state index is 13.5. The van der Waals surface area contributed by atoms with Gasteiger partial charge in [0.25, 0.3) is 10.0 Å². The van der Waals surface area contributed by atoms with Crippen molar-refractivity contribution in [2.24, 2.45) is 5.92 Å². The van der Waals surface area contributed by atoms with E-state index in [9.17, 15) is 18.3 Å². The first-order valence-electron chi connectivity index (χ1n) is 13.8. The Bertz CT molecular complexity index is 1380. The van der Waals surface area contributed by atoms with Crippen LogP contribution >= 0.6 is 11.6 Å². The van der Waals surface area contributed by atoms with Crippen LogP contribution in [-0.2, 0) is 27.8 Å². The second kappa shape index (κ2) is 12.7. The number of aliphatic hydroxyl groups is 1. The first kappa shape index (κ1) is 29.3. The molecule has 2 N–H and O–H groups in total. The summed E-state index contributed by atoms with van der Waals surface area (Å²) in [5, 5.41) is 10.7. The lowest BCUT2D eigenvalue weighted by molar-refractivity contribution is -0.121. The number of aromatic nitrogens is 2. The molecule has 1 amide bonds. The summed E-state index contributed by atoms with van der Waals surface area (Å²) in [7, 11) is -3.98. The molecule has 1 heterocycles. The van der Waals surface area contributed by atoms with E-state index in [4.69, 9.17) is 11.6 Å². The normalized spacial score (nSPS) is 15.8. The third-order valence-electron chi connectivity index (χ3n) is 7.59. The highest BCUT2D eigenvalue weighted by Crippen LogP contribution is 2.38. The fourth-order valence-electron chi connectivity index (χ4n) is 5.49. The number of imidazole rings is 1. The number of halogens is 1. The molecule has 2 unspecified atom stereocenters. The number of nitrogens with one attached hydrogen (secondary N) is 1. The zero-order valence-corrected chi connectivity index (χ0v) is 24.4. The Morgan fingerprint density at radius 2 is 1.77 bits per heavy atom. The molecule has 210 valence electrons. The van der Waals surface area contributed by atoms with Crippen LogP contribution < -0.4 is 4.72 Å². The number of aryl methyl sites for hydroxylation is 2. The molecule has 39 heavy (non-hydrogen) atoms. The number of sulfonamides is 1. The van der Waals surface area contributed by atoms with Crippen molar-refractivity contribution >= 4 is 27.5 Å². The van der Waals surface area contributed by atoms with E-state index in [1.165, 1.54) is 12.1 Å². The van der Waals surface area contributed by atoms with Crippen LogP contribution in [-0.4, -0.2) is 29.0 Å². The predicted molar refractivity (Wildman–Crippen MR) is 153 cm³/mol. The SMILES string of the molecule is CCCCc1nc(Cl)c(C(C)O)n1Cc1ccc(C(C(=O)NS(=O)(=O)c2ccc(C)cc2)C2CCCC2)cc1. The van der Waals surface area contributed by atoms with Crippen molar-refractivity contribution < 1.29 is 18.3 Å². The molecule has 0 spiro atoms. The summed E-state index contributed by atoms with van der Waals surface area (Å²) >= 11 is 6.38. The van der Waals surface area contributed by atoms with Crippen LogP contribution in [0.3, 0.4) is 0 Å². The van der Waals surface area contributed by atoms with E-state index in [-0.39, 0.29) is 10.8 Å². The van der Waals surface area contributed by atoms with Crippen LogP contribution in [0.4, 0.5) is 0 Å². The van der Waals surface area contributed by atoms with Crippen LogP contribution in [0.5, 0.6) is 0 Å². The molecule has 9 heteroatoms. The van der Waals surface area contributed by atoms with Gasteiger partial charge in [-0.2, -0.15) is 0 Å². The first-order valence-corrected chi connectivity index (χ1v) is 15.6. The van der Waals surface area contributed by atoms with Crippen molar-refractivity contribution in [1.29, 1.82) is 0 Å². The molecular formula is C30H38ClN3O4S. The molecule has 3 aromatic rings. The summed E-state index contributed by atoms with van der Waals surface area (Å²) < 4.78 is 30.3. The van der Waals surface area contributed by atoms with Gasteiger partial charge in [-0.15, -0.1) is 0 Å². The van der Waals surface area contributed by atoms with Crippen LogP contribution in [0.1, 0.15) is 92.6 Å². The minimum Gasteiger partial charge on any atom is -0.387 e. The molecule has 1 fully saturated rings. The summed E-state index contributed by atoms with van der Waals surface area (Å²) in [5.74, 6) is -0.127.